The van der Waals surface area contributed by atoms with E-state index < -0.39 is 6.16 Å². The van der Waals surface area contributed by atoms with E-state index in [9.17, 15) is 9.59 Å². The van der Waals surface area contributed by atoms with Gasteiger partial charge in [-0.25, -0.2) is 4.79 Å². The van der Waals surface area contributed by atoms with E-state index in [1.807, 2.05) is 13.0 Å². The highest BCUT2D eigenvalue weighted by molar-refractivity contribution is 5.75. The number of allylic oxidation sites excluding steroid dienone is 5. The van der Waals surface area contributed by atoms with Gasteiger partial charge in [0.15, 0.2) is 0 Å². The normalized spacial score (nSPS) is 13.1. The van der Waals surface area contributed by atoms with Gasteiger partial charge in [-0.3, -0.25) is 0 Å². The lowest BCUT2D eigenvalue weighted by Crippen LogP contribution is -2.02. The van der Waals surface area contributed by atoms with Crippen LogP contribution in [0.4, 0.5) is 4.79 Å². The number of hydrogen-bond acceptors (Lipinski definition) is 3. The highest BCUT2D eigenvalue weighted by Crippen LogP contribution is 2.12. The molecule has 0 unspecified atom stereocenters. The van der Waals surface area contributed by atoms with Crippen LogP contribution in [0, 0.1) is 0 Å². The molecule has 0 rings (SSSR count). The molecule has 0 heterocycles. The molecule has 130 valence electrons. The third-order valence-electron chi connectivity index (χ3n) is 3.48. The smallest absolute Gasteiger partial charge is 0.450 e. The molecule has 0 aromatic carbocycles. The summed E-state index contributed by atoms with van der Waals surface area (Å²) in [4.78, 5) is 21.1. The van der Waals surface area contributed by atoms with Gasteiger partial charge in [0.25, 0.3) is 0 Å². The summed E-state index contributed by atoms with van der Waals surface area (Å²) in [6.07, 6.45) is 10.6. The zero-order valence-corrected chi connectivity index (χ0v) is 14.9. The molecule has 0 aliphatic rings. The van der Waals surface area contributed by atoms with Gasteiger partial charge in [0, 0.05) is 6.42 Å². The molecule has 0 aromatic heterocycles. The van der Waals surface area contributed by atoms with Crippen LogP contribution in [0.2, 0.25) is 0 Å². The fourth-order valence-electron chi connectivity index (χ4n) is 2.05. The number of ether oxygens (including phenoxy) is 1. The van der Waals surface area contributed by atoms with Crippen LogP contribution in [0.25, 0.3) is 0 Å². The van der Waals surface area contributed by atoms with E-state index in [4.69, 9.17) is 5.11 Å². The number of carbonyl (C=O) groups is 2. The largest absolute Gasteiger partial charge is 0.506 e. The summed E-state index contributed by atoms with van der Waals surface area (Å²) < 4.78 is 4.51. The van der Waals surface area contributed by atoms with Crippen LogP contribution in [0.15, 0.2) is 34.9 Å². The fourth-order valence-corrected chi connectivity index (χ4v) is 2.05. The zero-order chi connectivity index (χ0) is 17.7. The van der Waals surface area contributed by atoms with Gasteiger partial charge in [-0.15, -0.1) is 0 Å². The molecule has 0 spiro atoms. The summed E-state index contributed by atoms with van der Waals surface area (Å²) in [5, 5.41) is 8.42. The second-order valence-electron chi connectivity index (χ2n) is 6.02. The fraction of sp³-hybridized carbons (Fsp3) is 0.579. The van der Waals surface area contributed by atoms with Crippen molar-refractivity contribution < 1.29 is 19.4 Å². The molecule has 0 amide bonds. The van der Waals surface area contributed by atoms with E-state index in [2.05, 4.69) is 30.7 Å². The summed E-state index contributed by atoms with van der Waals surface area (Å²) in [6, 6.07) is 0. The molecule has 4 heteroatoms. The molecular formula is C19H30O4. The van der Waals surface area contributed by atoms with Crippen LogP contribution in [0.5, 0.6) is 0 Å². The molecule has 0 radical (unpaired) electrons. The molecule has 4 nitrogen and oxygen atoms in total. The lowest BCUT2D eigenvalue weighted by molar-refractivity contribution is -0.116. The molecule has 23 heavy (non-hydrogen) atoms. The Bertz CT molecular complexity index is 470. The second-order valence-corrected chi connectivity index (χ2v) is 6.02. The van der Waals surface area contributed by atoms with Crippen molar-refractivity contribution in [2.75, 3.05) is 6.61 Å². The number of hydrogen-bond donors (Lipinski definition) is 1. The molecule has 0 fully saturated rings. The van der Waals surface area contributed by atoms with Gasteiger partial charge in [-0.1, -0.05) is 29.4 Å². The Balaban J connectivity index is 3.96. The zero-order valence-electron chi connectivity index (χ0n) is 14.9. The monoisotopic (exact) mass is 322 g/mol. The van der Waals surface area contributed by atoms with E-state index >= 15 is 0 Å². The van der Waals surface area contributed by atoms with Crippen molar-refractivity contribution in [1.29, 1.82) is 0 Å². The van der Waals surface area contributed by atoms with Crippen LogP contribution in [0.3, 0.4) is 0 Å². The minimum absolute atomic E-state index is 0.141. The van der Waals surface area contributed by atoms with Crippen molar-refractivity contribution in [3.05, 3.63) is 34.9 Å². The summed E-state index contributed by atoms with van der Waals surface area (Å²) in [7, 11) is 0. The number of Topliss-reactive ketones (excluding diaryl/α,β-unsaturated/α-hetero) is 1. The topological polar surface area (TPSA) is 63.6 Å². The van der Waals surface area contributed by atoms with Gasteiger partial charge in [0.2, 0.25) is 0 Å². The molecule has 0 aromatic rings. The first kappa shape index (κ1) is 21.2. The van der Waals surface area contributed by atoms with Crippen molar-refractivity contribution in [2.24, 2.45) is 0 Å². The van der Waals surface area contributed by atoms with E-state index in [0.717, 1.165) is 37.7 Å². The molecule has 0 aliphatic carbocycles. The van der Waals surface area contributed by atoms with Gasteiger partial charge in [0.05, 0.1) is 0 Å². The molecule has 0 saturated heterocycles. The lowest BCUT2D eigenvalue weighted by Gasteiger charge is -2.03. The standard InChI is InChI=1S/C19H30O4/c1-15(10-6-12-17(3)14-23-19(21)22)8-5-9-16(2)11-7-13-18(4)20/h8,11-12H,5-7,9-10,13-14H2,1-4H3,(H,21,22). The maximum Gasteiger partial charge on any atom is 0.506 e. The summed E-state index contributed by atoms with van der Waals surface area (Å²) in [5.41, 5.74) is 3.60. The average molecular weight is 322 g/mol. The van der Waals surface area contributed by atoms with E-state index in [-0.39, 0.29) is 12.4 Å². The predicted molar refractivity (Wildman–Crippen MR) is 93.6 cm³/mol. The van der Waals surface area contributed by atoms with E-state index in [1.54, 1.807) is 6.92 Å². The first-order valence-corrected chi connectivity index (χ1v) is 8.13. The number of rotatable bonds is 11. The third-order valence-corrected chi connectivity index (χ3v) is 3.48. The molecule has 0 bridgehead atoms. The first-order valence-electron chi connectivity index (χ1n) is 8.13. The molecule has 0 atom stereocenters. The van der Waals surface area contributed by atoms with Crippen LogP contribution in [0.1, 0.15) is 66.2 Å². The van der Waals surface area contributed by atoms with Crippen LogP contribution < -0.4 is 0 Å². The maximum atomic E-state index is 10.9. The van der Waals surface area contributed by atoms with Crippen LogP contribution in [-0.2, 0) is 9.53 Å². The van der Waals surface area contributed by atoms with Gasteiger partial charge in [-0.05, 0) is 65.4 Å². The van der Waals surface area contributed by atoms with Crippen LogP contribution in [-0.4, -0.2) is 23.7 Å². The molecular weight excluding hydrogens is 292 g/mol. The Morgan fingerprint density at radius 1 is 0.783 bits per heavy atom. The SMILES string of the molecule is CC(=O)CCC=C(C)CCC=C(C)CCC=C(C)COC(=O)O. The van der Waals surface area contributed by atoms with Gasteiger partial charge >= 0.3 is 6.16 Å². The number of carbonyl (C=O) groups excluding carboxylic acids is 1. The quantitative estimate of drug-likeness (QED) is 0.406. The second kappa shape index (κ2) is 12.7. The maximum absolute atomic E-state index is 10.9. The summed E-state index contributed by atoms with van der Waals surface area (Å²) in [5.74, 6) is 0.238. The Kier molecular flexibility index (Phi) is 11.7. The Morgan fingerprint density at radius 3 is 1.65 bits per heavy atom. The summed E-state index contributed by atoms with van der Waals surface area (Å²) >= 11 is 0. The Morgan fingerprint density at radius 2 is 1.22 bits per heavy atom. The number of carboxylic acid groups (broad SMARTS) is 1. The minimum Gasteiger partial charge on any atom is -0.450 e. The third kappa shape index (κ3) is 14.8. The van der Waals surface area contributed by atoms with Crippen molar-refractivity contribution in [2.45, 2.75) is 66.2 Å². The van der Waals surface area contributed by atoms with Gasteiger partial charge in [-0.2, -0.15) is 0 Å². The van der Waals surface area contributed by atoms with Crippen molar-refractivity contribution in [3.63, 3.8) is 0 Å². The molecule has 1 N–H and O–H groups in total. The minimum atomic E-state index is -1.24. The van der Waals surface area contributed by atoms with Crippen LogP contribution >= 0.6 is 0 Å². The molecule has 0 aliphatic heterocycles. The average Bonchev–Trinajstić information content (AvgIpc) is 2.44. The molecule has 0 saturated carbocycles. The summed E-state index contributed by atoms with van der Waals surface area (Å²) in [6.45, 7) is 7.86. The van der Waals surface area contributed by atoms with Crippen molar-refractivity contribution in [1.82, 2.24) is 0 Å². The predicted octanol–water partition coefficient (Wildman–Crippen LogP) is 5.45. The Labute approximate surface area is 139 Å². The van der Waals surface area contributed by atoms with E-state index in [0.29, 0.717) is 6.42 Å². The highest BCUT2D eigenvalue weighted by Gasteiger charge is 1.97. The van der Waals surface area contributed by atoms with Crippen molar-refractivity contribution >= 4 is 11.9 Å². The highest BCUT2D eigenvalue weighted by atomic mass is 16.7. The lowest BCUT2D eigenvalue weighted by atomic mass is 10.1. The Hall–Kier alpha value is -1.84. The number of ketones is 1. The van der Waals surface area contributed by atoms with Gasteiger partial charge < -0.3 is 14.6 Å². The van der Waals surface area contributed by atoms with Gasteiger partial charge in [0.1, 0.15) is 12.4 Å². The van der Waals surface area contributed by atoms with Crippen molar-refractivity contribution in [3.8, 4) is 0 Å². The first-order chi connectivity index (χ1) is 10.8. The van der Waals surface area contributed by atoms with E-state index in [1.165, 1.54) is 11.1 Å².